The summed E-state index contributed by atoms with van der Waals surface area (Å²) >= 11 is 0. The highest BCUT2D eigenvalue weighted by molar-refractivity contribution is 7.04. The number of rotatable bonds is 4. The largest absolute Gasteiger partial charge is 0.299 e. The van der Waals surface area contributed by atoms with Crippen LogP contribution < -0.4 is 10.4 Å². The third-order valence-electron chi connectivity index (χ3n) is 7.43. The van der Waals surface area contributed by atoms with Crippen LogP contribution in [-0.2, 0) is 4.79 Å². The first-order valence-corrected chi connectivity index (χ1v) is 12.8. The first-order valence-electron chi connectivity index (χ1n) is 10.5. The third kappa shape index (κ3) is 3.02. The van der Waals surface area contributed by atoms with Crippen molar-refractivity contribution in [2.24, 2.45) is 11.3 Å². The van der Waals surface area contributed by atoms with Crippen molar-refractivity contribution in [1.82, 2.24) is 0 Å². The molecule has 2 unspecified atom stereocenters. The Balaban J connectivity index is 1.81. The predicted octanol–water partition coefficient (Wildman–Crippen LogP) is 5.20. The van der Waals surface area contributed by atoms with Gasteiger partial charge in [0.25, 0.3) is 0 Å². The normalized spacial score (nSPS) is 25.6. The lowest BCUT2D eigenvalue weighted by Gasteiger charge is -2.45. The molecule has 1 nitrogen and oxygen atoms in total. The van der Waals surface area contributed by atoms with Crippen LogP contribution in [0.15, 0.2) is 60.7 Å². The average molecular weight is 377 g/mol. The van der Waals surface area contributed by atoms with Crippen LogP contribution in [0.5, 0.6) is 0 Å². The molecule has 27 heavy (non-hydrogen) atoms. The Morgan fingerprint density at radius 3 is 1.96 bits per heavy atom. The minimum Gasteiger partial charge on any atom is -0.299 e. The van der Waals surface area contributed by atoms with Crippen LogP contribution in [0.25, 0.3) is 0 Å². The van der Waals surface area contributed by atoms with Crippen molar-refractivity contribution < 1.29 is 4.79 Å². The number of Topliss-reactive ketones (excluding diaryl/α,β-unsaturated/α-hetero) is 1. The average Bonchev–Trinajstić information content (AvgIpc) is 3.36. The lowest BCUT2D eigenvalue weighted by molar-refractivity contribution is -0.126. The first-order chi connectivity index (χ1) is 12.9. The van der Waals surface area contributed by atoms with E-state index in [1.165, 1.54) is 22.8 Å². The minimum absolute atomic E-state index is 0.0330. The molecule has 1 spiro atoms. The Labute approximate surface area is 165 Å². The Morgan fingerprint density at radius 2 is 1.48 bits per heavy atom. The fourth-order valence-electron chi connectivity index (χ4n) is 5.80. The smallest absolute Gasteiger partial charge is 0.139 e. The van der Waals surface area contributed by atoms with E-state index in [-0.39, 0.29) is 10.5 Å². The summed E-state index contributed by atoms with van der Waals surface area (Å²) in [5.41, 5.74) is 0.0330. The van der Waals surface area contributed by atoms with E-state index in [1.54, 1.807) is 0 Å². The summed E-state index contributed by atoms with van der Waals surface area (Å²) in [5, 5.41) is 3.24. The summed E-state index contributed by atoms with van der Waals surface area (Å²) in [7, 11) is -2.04. The van der Waals surface area contributed by atoms with Crippen molar-refractivity contribution in [2.45, 2.75) is 64.0 Å². The van der Waals surface area contributed by atoms with Crippen LogP contribution in [0.2, 0.25) is 11.1 Å². The van der Waals surface area contributed by atoms with E-state index in [1.807, 2.05) is 0 Å². The Hall–Kier alpha value is -1.67. The van der Waals surface area contributed by atoms with Crippen LogP contribution in [0.1, 0.15) is 52.9 Å². The van der Waals surface area contributed by atoms with E-state index in [0.717, 1.165) is 25.7 Å². The first kappa shape index (κ1) is 18.7. The molecule has 0 saturated heterocycles. The van der Waals surface area contributed by atoms with E-state index in [0.29, 0.717) is 11.7 Å². The zero-order valence-electron chi connectivity index (χ0n) is 17.0. The molecule has 0 aliphatic heterocycles. The second-order valence-electron chi connectivity index (χ2n) is 9.78. The monoisotopic (exact) mass is 376 g/mol. The third-order valence-corrected chi connectivity index (χ3v) is 13.7. The summed E-state index contributed by atoms with van der Waals surface area (Å²) < 4.78 is 0. The molecular formula is C25H32OSi. The summed E-state index contributed by atoms with van der Waals surface area (Å²) in [6.45, 7) is 7.28. The second-order valence-corrected chi connectivity index (χ2v) is 14.7. The van der Waals surface area contributed by atoms with Gasteiger partial charge in [0.15, 0.2) is 0 Å². The topological polar surface area (TPSA) is 17.1 Å². The standard InChI is InChI=1S/C25H32OSi/c1-24(2,3)27(21-12-6-4-7-13-21,22-14-8-5-9-15-22)19-20-18-25(20)17-11-10-16-23(25)26/h4-9,12-15,20H,10-11,16-19H2,1-3H3. The zero-order chi connectivity index (χ0) is 19.1. The summed E-state index contributed by atoms with van der Waals surface area (Å²) in [5.74, 6) is 1.15. The maximum Gasteiger partial charge on any atom is 0.139 e. The van der Waals surface area contributed by atoms with E-state index < -0.39 is 8.07 Å². The van der Waals surface area contributed by atoms with Crippen LogP contribution in [0.4, 0.5) is 0 Å². The number of carbonyl (C=O) groups excluding carboxylic acids is 1. The van der Waals surface area contributed by atoms with Gasteiger partial charge in [-0.25, -0.2) is 0 Å². The molecule has 0 bridgehead atoms. The highest BCUT2D eigenvalue weighted by Crippen LogP contribution is 2.63. The van der Waals surface area contributed by atoms with Gasteiger partial charge in [0.05, 0.1) is 0 Å². The van der Waals surface area contributed by atoms with Crippen molar-refractivity contribution in [2.75, 3.05) is 0 Å². The van der Waals surface area contributed by atoms with E-state index in [9.17, 15) is 4.79 Å². The predicted molar refractivity (Wildman–Crippen MR) is 116 cm³/mol. The number of ketones is 1. The molecule has 2 aliphatic carbocycles. The molecular weight excluding hydrogens is 344 g/mol. The zero-order valence-corrected chi connectivity index (χ0v) is 18.0. The lowest BCUT2D eigenvalue weighted by Crippen LogP contribution is -2.64. The molecule has 0 radical (unpaired) electrons. The molecule has 0 aromatic heterocycles. The van der Waals surface area contributed by atoms with E-state index in [4.69, 9.17) is 0 Å². The Kier molecular flexibility index (Phi) is 4.66. The minimum atomic E-state index is -2.04. The van der Waals surface area contributed by atoms with Crippen LogP contribution in [-0.4, -0.2) is 13.9 Å². The fourth-order valence-corrected chi connectivity index (χ4v) is 11.7. The van der Waals surface area contributed by atoms with Gasteiger partial charge < -0.3 is 0 Å². The number of benzene rings is 2. The fraction of sp³-hybridized carbons (Fsp3) is 0.480. The van der Waals surface area contributed by atoms with Gasteiger partial charge in [-0.05, 0) is 36.3 Å². The molecule has 4 rings (SSSR count). The van der Waals surface area contributed by atoms with Gasteiger partial charge in [0, 0.05) is 11.8 Å². The van der Waals surface area contributed by atoms with Crippen molar-refractivity contribution in [1.29, 1.82) is 0 Å². The van der Waals surface area contributed by atoms with Crippen molar-refractivity contribution in [3.63, 3.8) is 0 Å². The Morgan fingerprint density at radius 1 is 0.926 bits per heavy atom. The maximum atomic E-state index is 12.8. The second kappa shape index (κ2) is 6.74. The molecule has 142 valence electrons. The Bertz CT molecular complexity index is 766. The molecule has 2 heteroatoms. The quantitative estimate of drug-likeness (QED) is 0.670. The molecule has 0 N–H and O–H groups in total. The van der Waals surface area contributed by atoms with Crippen LogP contribution >= 0.6 is 0 Å². The summed E-state index contributed by atoms with van der Waals surface area (Å²) in [4.78, 5) is 12.8. The molecule has 2 fully saturated rings. The lowest BCUT2D eigenvalue weighted by atomic mass is 9.83. The molecule has 2 atom stereocenters. The maximum absolute atomic E-state index is 12.8. The van der Waals surface area contributed by atoms with Crippen molar-refractivity contribution in [3.05, 3.63) is 60.7 Å². The summed E-state index contributed by atoms with van der Waals surface area (Å²) in [6.07, 6.45) is 5.43. The van der Waals surface area contributed by atoms with Gasteiger partial charge in [-0.3, -0.25) is 4.79 Å². The van der Waals surface area contributed by atoms with Gasteiger partial charge in [-0.2, -0.15) is 0 Å². The SMILES string of the molecule is CC(C)(C)[Si](CC1CC12CCCCC2=O)(c1ccccc1)c1ccccc1. The highest BCUT2D eigenvalue weighted by atomic mass is 28.3. The van der Waals surface area contributed by atoms with Crippen molar-refractivity contribution >= 4 is 24.2 Å². The molecule has 0 heterocycles. The van der Waals surface area contributed by atoms with Crippen molar-refractivity contribution in [3.8, 4) is 0 Å². The molecule has 2 aromatic carbocycles. The van der Waals surface area contributed by atoms with Crippen LogP contribution in [0, 0.1) is 11.3 Å². The highest BCUT2D eigenvalue weighted by Gasteiger charge is 2.63. The summed E-state index contributed by atoms with van der Waals surface area (Å²) in [6, 6.07) is 23.6. The van der Waals surface area contributed by atoms with Gasteiger partial charge in [-0.15, -0.1) is 0 Å². The van der Waals surface area contributed by atoms with E-state index >= 15 is 0 Å². The molecule has 2 aromatic rings. The number of hydrogen-bond donors (Lipinski definition) is 0. The molecule has 2 aliphatic rings. The molecule has 2 saturated carbocycles. The van der Waals surface area contributed by atoms with Crippen LogP contribution in [0.3, 0.4) is 0 Å². The van der Waals surface area contributed by atoms with E-state index in [2.05, 4.69) is 81.4 Å². The van der Waals surface area contributed by atoms with Gasteiger partial charge in [-0.1, -0.05) is 98.2 Å². The number of hydrogen-bond acceptors (Lipinski definition) is 1. The number of carbonyl (C=O) groups is 1. The van der Waals surface area contributed by atoms with Gasteiger partial charge in [0.1, 0.15) is 13.9 Å². The van der Waals surface area contributed by atoms with Gasteiger partial charge in [0.2, 0.25) is 0 Å². The molecule has 0 amide bonds. The van der Waals surface area contributed by atoms with Gasteiger partial charge >= 0.3 is 0 Å².